The van der Waals surface area contributed by atoms with Crippen molar-refractivity contribution in [1.29, 1.82) is 0 Å². The number of benzene rings is 7. The highest BCUT2D eigenvalue weighted by molar-refractivity contribution is 5.86. The summed E-state index contributed by atoms with van der Waals surface area (Å²) in [7, 11) is 0. The van der Waals surface area contributed by atoms with Crippen molar-refractivity contribution in [2.24, 2.45) is 0 Å². The van der Waals surface area contributed by atoms with Crippen LogP contribution in [0.1, 0.15) is 321 Å². The maximum atomic E-state index is 4.14. The van der Waals surface area contributed by atoms with Crippen molar-refractivity contribution in [2.75, 3.05) is 55.2 Å². The molecule has 0 heterocycles. The van der Waals surface area contributed by atoms with Gasteiger partial charge in [0.15, 0.2) is 0 Å². The van der Waals surface area contributed by atoms with Crippen LogP contribution in [0.2, 0.25) is 0 Å². The second kappa shape index (κ2) is 31.2. The number of hydrogen-bond donors (Lipinski definition) is 3. The summed E-state index contributed by atoms with van der Waals surface area (Å²) in [4.78, 5) is 2.68. The molecule has 7 rings (SSSR count). The first kappa shape index (κ1) is 72.3. The lowest BCUT2D eigenvalue weighted by molar-refractivity contribution is 0.306. The molecule has 0 radical (unpaired) electrons. The molecule has 492 valence electrons. The van der Waals surface area contributed by atoms with Gasteiger partial charge in [0.1, 0.15) is 0 Å². The van der Waals surface area contributed by atoms with Crippen molar-refractivity contribution in [2.45, 2.75) is 258 Å². The molecule has 3 N–H and O–H groups in total. The predicted molar refractivity (Wildman–Crippen MR) is 406 cm³/mol. The standard InChI is InChI=1S/C87H124N4/c1-50(2)65-42-75(54(9)10)83(76(43-65)55(11)12)69-36-70(84-77(56(13)14)44-66(51(3)4)45-78(84)57(15)16)39-73(38-69)88-28-31-91(33-30-90-87-63(26)34-62(25)35-64(87)27)32-29-89-74-40-71(85-79(58(17)18)46-67(52(5)6)47-80(85)59(19)20)37-72(41-74)86-81(60(21)22)48-68(53(7)8)49-82(86)61(23)24/h34-61,88-90H,28-33H2,1-27H3. The van der Waals surface area contributed by atoms with Crippen molar-refractivity contribution in [3.63, 3.8) is 0 Å². The van der Waals surface area contributed by atoms with Gasteiger partial charge in [-0.1, -0.05) is 232 Å². The third-order valence-electron chi connectivity index (χ3n) is 19.5. The van der Waals surface area contributed by atoms with Crippen molar-refractivity contribution >= 4 is 17.1 Å². The van der Waals surface area contributed by atoms with E-state index in [9.17, 15) is 0 Å². The number of rotatable bonds is 28. The van der Waals surface area contributed by atoms with E-state index < -0.39 is 0 Å². The first-order valence-electron chi connectivity index (χ1n) is 35.8. The molecule has 0 aliphatic heterocycles. The van der Waals surface area contributed by atoms with Crippen LogP contribution < -0.4 is 16.0 Å². The van der Waals surface area contributed by atoms with Crippen molar-refractivity contribution in [1.82, 2.24) is 4.90 Å². The van der Waals surface area contributed by atoms with Crippen LogP contribution in [0.5, 0.6) is 0 Å². The van der Waals surface area contributed by atoms with Gasteiger partial charge in [-0.05, 0) is 251 Å². The molecule has 0 saturated carbocycles. The molecule has 4 nitrogen and oxygen atoms in total. The Morgan fingerprint density at radius 2 is 0.462 bits per heavy atom. The summed E-state index contributed by atoms with van der Waals surface area (Å²) in [6.45, 7) is 68.7. The highest BCUT2D eigenvalue weighted by Gasteiger charge is 2.26. The van der Waals surface area contributed by atoms with E-state index in [1.165, 1.54) is 145 Å². The number of nitrogens with one attached hydrogen (secondary N) is 3. The highest BCUT2D eigenvalue weighted by Crippen LogP contribution is 2.47. The lowest BCUT2D eigenvalue weighted by Gasteiger charge is -2.27. The zero-order chi connectivity index (χ0) is 67.2. The molecule has 0 unspecified atom stereocenters. The average Bonchev–Trinajstić information content (AvgIpc) is 0.871. The molecular formula is C87H124N4. The molecule has 0 spiro atoms. The van der Waals surface area contributed by atoms with Crippen LogP contribution in [-0.2, 0) is 0 Å². The molecule has 0 aliphatic rings. The molecule has 0 bridgehead atoms. The fraction of sp³-hybridized carbons (Fsp3) is 0.517. The Morgan fingerprint density at radius 1 is 0.253 bits per heavy atom. The number of anilines is 3. The van der Waals surface area contributed by atoms with Crippen LogP contribution in [0.4, 0.5) is 17.1 Å². The van der Waals surface area contributed by atoms with Crippen LogP contribution >= 0.6 is 0 Å². The van der Waals surface area contributed by atoms with Gasteiger partial charge in [-0.15, -0.1) is 0 Å². The van der Waals surface area contributed by atoms with Gasteiger partial charge in [0.25, 0.3) is 0 Å². The molecule has 0 saturated heterocycles. The molecule has 7 aromatic carbocycles. The molecular weight excluding hydrogens is 1100 g/mol. The Bertz CT molecular complexity index is 3060. The van der Waals surface area contributed by atoms with E-state index in [0.29, 0.717) is 71.0 Å². The Labute approximate surface area is 557 Å². The highest BCUT2D eigenvalue weighted by atomic mass is 15.2. The zero-order valence-electron chi connectivity index (χ0n) is 62.4. The van der Waals surface area contributed by atoms with E-state index in [-0.39, 0.29) is 0 Å². The second-order valence-corrected chi connectivity index (χ2v) is 31.1. The summed E-state index contributed by atoms with van der Waals surface area (Å²) in [5.74, 6) is 4.70. The summed E-state index contributed by atoms with van der Waals surface area (Å²) >= 11 is 0. The van der Waals surface area contributed by atoms with E-state index in [2.05, 4.69) is 305 Å². The van der Waals surface area contributed by atoms with Gasteiger partial charge in [0.2, 0.25) is 0 Å². The summed E-state index contributed by atoms with van der Waals surface area (Å²) in [5.41, 5.74) is 35.7. The van der Waals surface area contributed by atoms with Crippen LogP contribution in [-0.4, -0.2) is 44.2 Å². The predicted octanol–water partition coefficient (Wildman–Crippen LogP) is 25.7. The largest absolute Gasteiger partial charge is 0.384 e. The Hall–Kier alpha value is -6.10. The zero-order valence-corrected chi connectivity index (χ0v) is 62.4. The number of aryl methyl sites for hydroxylation is 3. The monoisotopic (exact) mass is 1220 g/mol. The Kier molecular flexibility index (Phi) is 24.8. The van der Waals surface area contributed by atoms with Crippen LogP contribution in [0.15, 0.2) is 97.1 Å². The van der Waals surface area contributed by atoms with Gasteiger partial charge in [-0.2, -0.15) is 0 Å². The molecule has 0 atom stereocenters. The van der Waals surface area contributed by atoms with E-state index in [4.69, 9.17) is 0 Å². The molecule has 0 fully saturated rings. The summed E-state index contributed by atoms with van der Waals surface area (Å²) in [6, 6.07) is 39.8. The Balaban J connectivity index is 1.35. The van der Waals surface area contributed by atoms with Gasteiger partial charge in [-0.3, -0.25) is 4.90 Å². The second-order valence-electron chi connectivity index (χ2n) is 31.1. The molecule has 0 amide bonds. The first-order chi connectivity index (χ1) is 42.8. The van der Waals surface area contributed by atoms with Gasteiger partial charge in [0.05, 0.1) is 0 Å². The summed E-state index contributed by atoms with van der Waals surface area (Å²) in [6.07, 6.45) is 0. The summed E-state index contributed by atoms with van der Waals surface area (Å²) < 4.78 is 0. The minimum Gasteiger partial charge on any atom is -0.384 e. The third kappa shape index (κ3) is 17.4. The normalized spacial score (nSPS) is 12.4. The van der Waals surface area contributed by atoms with E-state index in [0.717, 1.165) is 39.3 Å². The topological polar surface area (TPSA) is 39.3 Å². The van der Waals surface area contributed by atoms with E-state index in [1.807, 2.05) is 0 Å². The van der Waals surface area contributed by atoms with Gasteiger partial charge >= 0.3 is 0 Å². The van der Waals surface area contributed by atoms with Crippen molar-refractivity contribution in [3.05, 3.63) is 181 Å². The molecule has 0 aromatic heterocycles. The number of nitrogens with zero attached hydrogens (tertiary/aromatic N) is 1. The minimum absolute atomic E-state index is 0.365. The maximum Gasteiger partial charge on any atom is 0.0400 e. The fourth-order valence-electron chi connectivity index (χ4n) is 14.0. The molecule has 7 aromatic rings. The fourth-order valence-corrected chi connectivity index (χ4v) is 14.0. The van der Waals surface area contributed by atoms with Gasteiger partial charge in [-0.25, -0.2) is 0 Å². The van der Waals surface area contributed by atoms with E-state index >= 15 is 0 Å². The van der Waals surface area contributed by atoms with Crippen LogP contribution in [0, 0.1) is 20.8 Å². The third-order valence-corrected chi connectivity index (χ3v) is 19.5. The maximum absolute atomic E-state index is 4.14. The number of hydrogen-bond acceptors (Lipinski definition) is 4. The quantitative estimate of drug-likeness (QED) is 0.0457. The molecule has 4 heteroatoms. The Morgan fingerprint density at radius 3 is 0.659 bits per heavy atom. The van der Waals surface area contributed by atoms with Crippen LogP contribution in [0.25, 0.3) is 44.5 Å². The van der Waals surface area contributed by atoms with Gasteiger partial charge < -0.3 is 16.0 Å². The van der Waals surface area contributed by atoms with Crippen LogP contribution in [0.3, 0.4) is 0 Å². The lowest BCUT2D eigenvalue weighted by atomic mass is 9.79. The smallest absolute Gasteiger partial charge is 0.0400 e. The van der Waals surface area contributed by atoms with Crippen molar-refractivity contribution < 1.29 is 0 Å². The average molecular weight is 1230 g/mol. The molecule has 0 aliphatic carbocycles. The SMILES string of the molecule is Cc1cc(C)c(NCCN(CCNc2cc(-c3c(C(C)C)cc(C(C)C)cc3C(C)C)cc(-c3c(C(C)C)cc(C(C)C)cc3C(C)C)c2)CCNc2cc(-c3c(C(C)C)cc(C(C)C)cc3C(C)C)cc(-c3c(C(C)C)cc(C(C)C)cc3C(C)C)c2)c(C)c1. The summed E-state index contributed by atoms with van der Waals surface area (Å²) in [5, 5.41) is 12.2. The van der Waals surface area contributed by atoms with E-state index in [1.54, 1.807) is 0 Å². The van der Waals surface area contributed by atoms with Gasteiger partial charge in [0, 0.05) is 56.3 Å². The minimum atomic E-state index is 0.365. The molecule has 91 heavy (non-hydrogen) atoms. The van der Waals surface area contributed by atoms with Crippen molar-refractivity contribution in [3.8, 4) is 44.5 Å². The first-order valence-corrected chi connectivity index (χ1v) is 35.8. The lowest BCUT2D eigenvalue weighted by Crippen LogP contribution is -2.36.